The molecular formula is C15H12N2O2. The minimum atomic E-state index is -0.386. The number of hydrogen-bond donors (Lipinski definition) is 0. The molecule has 1 aliphatic heterocycles. The van der Waals surface area contributed by atoms with Crippen LogP contribution in [0.2, 0.25) is 0 Å². The number of carbonyl (C=O) groups excluding carboxylic acids is 1. The summed E-state index contributed by atoms with van der Waals surface area (Å²) in [6.07, 6.45) is 5.45. The highest BCUT2D eigenvalue weighted by Crippen LogP contribution is 2.10. The summed E-state index contributed by atoms with van der Waals surface area (Å²) in [6.45, 7) is 0.452. The molecule has 0 saturated heterocycles. The van der Waals surface area contributed by atoms with E-state index in [9.17, 15) is 4.79 Å². The maximum Gasteiger partial charge on any atom is 0.344 e. The van der Waals surface area contributed by atoms with Gasteiger partial charge in [-0.1, -0.05) is 18.2 Å². The van der Waals surface area contributed by atoms with Crippen LogP contribution in [0.15, 0.2) is 59.9 Å². The number of carbonyl (C=O) groups is 1. The van der Waals surface area contributed by atoms with Crippen LogP contribution in [0.5, 0.6) is 0 Å². The van der Waals surface area contributed by atoms with Crippen LogP contribution < -0.4 is 0 Å². The molecule has 19 heavy (non-hydrogen) atoms. The third kappa shape index (κ3) is 2.47. The van der Waals surface area contributed by atoms with Crippen molar-refractivity contribution in [3.8, 4) is 0 Å². The molecule has 0 saturated carbocycles. The first-order chi connectivity index (χ1) is 9.33. The van der Waals surface area contributed by atoms with Gasteiger partial charge in [0.15, 0.2) is 0 Å². The Morgan fingerprint density at radius 2 is 2.00 bits per heavy atom. The molecule has 4 nitrogen and oxygen atoms in total. The van der Waals surface area contributed by atoms with Gasteiger partial charge in [-0.05, 0) is 30.3 Å². The summed E-state index contributed by atoms with van der Waals surface area (Å²) in [7, 11) is 0. The molecule has 0 atom stereocenters. The largest absolute Gasteiger partial charge is 0.406 e. The first-order valence-corrected chi connectivity index (χ1v) is 5.98. The van der Waals surface area contributed by atoms with E-state index in [4.69, 9.17) is 4.74 Å². The molecule has 0 amide bonds. The number of aliphatic imine (C=N–C) groups is 1. The first kappa shape index (κ1) is 11.5. The van der Waals surface area contributed by atoms with Crippen LogP contribution in [0, 0.1) is 0 Å². The number of fused-ring (bicyclic) bond motifs is 1. The van der Waals surface area contributed by atoms with E-state index in [-0.39, 0.29) is 5.97 Å². The van der Waals surface area contributed by atoms with E-state index in [2.05, 4.69) is 4.99 Å². The number of aromatic nitrogens is 1. The normalized spacial score (nSPS) is 13.4. The Kier molecular flexibility index (Phi) is 2.98. The summed E-state index contributed by atoms with van der Waals surface area (Å²) in [5, 5.41) is 0. The van der Waals surface area contributed by atoms with Crippen molar-refractivity contribution in [1.82, 2.24) is 4.57 Å². The van der Waals surface area contributed by atoms with Gasteiger partial charge in [0.1, 0.15) is 0 Å². The van der Waals surface area contributed by atoms with Crippen LogP contribution in [0.1, 0.15) is 16.1 Å². The van der Waals surface area contributed by atoms with Crippen LogP contribution in [0.25, 0.3) is 6.08 Å². The molecule has 0 bridgehead atoms. The molecule has 0 aliphatic carbocycles. The van der Waals surface area contributed by atoms with Crippen LogP contribution in [-0.4, -0.2) is 16.4 Å². The van der Waals surface area contributed by atoms with Gasteiger partial charge in [-0.15, -0.1) is 0 Å². The van der Waals surface area contributed by atoms with Gasteiger partial charge in [-0.25, -0.2) is 9.79 Å². The lowest BCUT2D eigenvalue weighted by Crippen LogP contribution is -2.17. The third-order valence-corrected chi connectivity index (χ3v) is 2.85. The SMILES string of the molecule is O=C(OC1=NC=Cc2cccn2C1)c1ccccc1. The molecule has 94 valence electrons. The number of hydrogen-bond acceptors (Lipinski definition) is 3. The molecule has 0 N–H and O–H groups in total. The van der Waals surface area contributed by atoms with Gasteiger partial charge >= 0.3 is 5.97 Å². The lowest BCUT2D eigenvalue weighted by molar-refractivity contribution is 0.0710. The predicted molar refractivity (Wildman–Crippen MR) is 72.8 cm³/mol. The standard InChI is InChI=1S/C15H12N2O2/c18-15(12-5-2-1-3-6-12)19-14-11-17-10-4-7-13(17)8-9-16-14/h1-10H,11H2. The van der Waals surface area contributed by atoms with Gasteiger partial charge in [0.25, 0.3) is 0 Å². The van der Waals surface area contributed by atoms with Crippen molar-refractivity contribution < 1.29 is 9.53 Å². The summed E-state index contributed by atoms with van der Waals surface area (Å²) in [5.74, 6) is 0.00316. The predicted octanol–water partition coefficient (Wildman–Crippen LogP) is 2.73. The van der Waals surface area contributed by atoms with Crippen molar-refractivity contribution in [3.05, 3.63) is 66.1 Å². The van der Waals surface area contributed by atoms with E-state index >= 15 is 0 Å². The second-order valence-electron chi connectivity index (χ2n) is 4.16. The average molecular weight is 252 g/mol. The highest BCUT2D eigenvalue weighted by Gasteiger charge is 2.13. The lowest BCUT2D eigenvalue weighted by Gasteiger charge is -2.08. The Morgan fingerprint density at radius 3 is 2.84 bits per heavy atom. The Bertz CT molecular complexity index is 654. The molecule has 0 unspecified atom stereocenters. The summed E-state index contributed by atoms with van der Waals surface area (Å²) in [4.78, 5) is 16.1. The van der Waals surface area contributed by atoms with E-state index in [0.29, 0.717) is 18.0 Å². The lowest BCUT2D eigenvalue weighted by atomic mass is 10.2. The average Bonchev–Trinajstić information content (AvgIpc) is 2.79. The van der Waals surface area contributed by atoms with E-state index in [1.54, 1.807) is 30.5 Å². The molecule has 1 aromatic carbocycles. The van der Waals surface area contributed by atoms with Gasteiger partial charge in [0.05, 0.1) is 12.1 Å². The van der Waals surface area contributed by atoms with E-state index in [1.807, 2.05) is 35.0 Å². The minimum absolute atomic E-state index is 0.386. The number of nitrogens with zero attached hydrogens (tertiary/aromatic N) is 2. The first-order valence-electron chi connectivity index (χ1n) is 5.98. The maximum atomic E-state index is 11.9. The van der Waals surface area contributed by atoms with Crippen molar-refractivity contribution in [2.45, 2.75) is 6.54 Å². The van der Waals surface area contributed by atoms with Gasteiger partial charge < -0.3 is 9.30 Å². The Labute approximate surface area is 110 Å². The second kappa shape index (κ2) is 4.94. The minimum Gasteiger partial charge on any atom is -0.406 e. The zero-order valence-electron chi connectivity index (χ0n) is 10.2. The second-order valence-corrected chi connectivity index (χ2v) is 4.16. The molecule has 2 heterocycles. The quantitative estimate of drug-likeness (QED) is 0.732. The third-order valence-electron chi connectivity index (χ3n) is 2.85. The van der Waals surface area contributed by atoms with Crippen molar-refractivity contribution in [3.63, 3.8) is 0 Å². The fourth-order valence-corrected chi connectivity index (χ4v) is 1.90. The van der Waals surface area contributed by atoms with Crippen LogP contribution in [0.4, 0.5) is 0 Å². The Hall–Kier alpha value is -2.62. The molecule has 0 fully saturated rings. The number of benzene rings is 1. The monoisotopic (exact) mass is 252 g/mol. The number of ether oxygens (including phenoxy) is 1. The number of rotatable bonds is 1. The Morgan fingerprint density at radius 1 is 1.16 bits per heavy atom. The highest BCUT2D eigenvalue weighted by atomic mass is 16.5. The van der Waals surface area contributed by atoms with Gasteiger partial charge in [-0.2, -0.15) is 0 Å². The van der Waals surface area contributed by atoms with Crippen LogP contribution >= 0.6 is 0 Å². The zero-order valence-corrected chi connectivity index (χ0v) is 10.2. The molecule has 1 aromatic heterocycles. The van der Waals surface area contributed by atoms with Crippen molar-refractivity contribution in [2.75, 3.05) is 0 Å². The maximum absolute atomic E-state index is 11.9. The van der Waals surface area contributed by atoms with E-state index < -0.39 is 0 Å². The molecule has 0 spiro atoms. The van der Waals surface area contributed by atoms with Gasteiger partial charge in [-0.3, -0.25) is 0 Å². The van der Waals surface area contributed by atoms with Gasteiger partial charge in [0.2, 0.25) is 5.90 Å². The molecule has 3 rings (SSSR count). The van der Waals surface area contributed by atoms with E-state index in [0.717, 1.165) is 5.69 Å². The molecule has 1 aliphatic rings. The topological polar surface area (TPSA) is 43.6 Å². The van der Waals surface area contributed by atoms with Crippen molar-refractivity contribution >= 4 is 17.9 Å². The van der Waals surface area contributed by atoms with Crippen LogP contribution in [0.3, 0.4) is 0 Å². The number of esters is 1. The summed E-state index contributed by atoms with van der Waals surface area (Å²) in [5.41, 5.74) is 1.56. The molecule has 2 aromatic rings. The fraction of sp³-hybridized carbons (Fsp3) is 0.0667. The fourth-order valence-electron chi connectivity index (χ4n) is 1.90. The smallest absolute Gasteiger partial charge is 0.344 e. The van der Waals surface area contributed by atoms with Gasteiger partial charge in [0, 0.05) is 18.1 Å². The summed E-state index contributed by atoms with van der Waals surface area (Å²) in [6, 6.07) is 12.8. The van der Waals surface area contributed by atoms with Crippen molar-refractivity contribution in [2.24, 2.45) is 4.99 Å². The molecular weight excluding hydrogens is 240 g/mol. The molecule has 0 radical (unpaired) electrons. The summed E-state index contributed by atoms with van der Waals surface area (Å²) < 4.78 is 7.30. The van der Waals surface area contributed by atoms with E-state index in [1.165, 1.54) is 0 Å². The molecule has 4 heteroatoms. The summed E-state index contributed by atoms with van der Waals surface area (Å²) >= 11 is 0. The highest BCUT2D eigenvalue weighted by molar-refractivity contribution is 5.98. The zero-order chi connectivity index (χ0) is 13.1. The van der Waals surface area contributed by atoms with Crippen LogP contribution in [-0.2, 0) is 11.3 Å². The Balaban J connectivity index is 1.77. The van der Waals surface area contributed by atoms with Crippen molar-refractivity contribution in [1.29, 1.82) is 0 Å².